The Hall–Kier alpha value is -1.56. The van der Waals surface area contributed by atoms with Gasteiger partial charge in [0, 0.05) is 5.92 Å². The Labute approximate surface area is 116 Å². The second kappa shape index (κ2) is 5.21. The predicted octanol–water partition coefficient (Wildman–Crippen LogP) is 5.03. The van der Waals surface area contributed by atoms with Gasteiger partial charge in [-0.15, -0.1) is 0 Å². The number of aryl methyl sites for hydroxylation is 2. The highest BCUT2D eigenvalue weighted by Gasteiger charge is 2.15. The van der Waals surface area contributed by atoms with E-state index in [9.17, 15) is 0 Å². The maximum atomic E-state index is 2.46. The van der Waals surface area contributed by atoms with Crippen molar-refractivity contribution in [3.63, 3.8) is 0 Å². The van der Waals surface area contributed by atoms with Gasteiger partial charge in [-0.05, 0) is 60.4 Å². The molecule has 0 amide bonds. The minimum Gasteiger partial charge on any atom is -0.0622 e. The number of fused-ring (bicyclic) bond motifs is 1. The summed E-state index contributed by atoms with van der Waals surface area (Å²) in [7, 11) is 0. The summed E-state index contributed by atoms with van der Waals surface area (Å²) in [6, 6.07) is 15.7. The van der Waals surface area contributed by atoms with Crippen LogP contribution in [0.25, 0.3) is 0 Å². The Bertz CT molecular complexity index is 566. The molecular weight excluding hydrogens is 228 g/mol. The van der Waals surface area contributed by atoms with Crippen LogP contribution >= 0.6 is 0 Å². The molecule has 98 valence electrons. The van der Waals surface area contributed by atoms with Crippen LogP contribution in [0.3, 0.4) is 0 Å². The lowest BCUT2D eigenvalue weighted by molar-refractivity contribution is 0.679. The van der Waals surface area contributed by atoms with Gasteiger partial charge in [-0.25, -0.2) is 0 Å². The first-order chi connectivity index (χ1) is 9.25. The van der Waals surface area contributed by atoms with Crippen LogP contribution in [0, 0.1) is 6.92 Å². The SMILES string of the molecule is Cc1cc(C(C)c2ccccc2)cc2c1CCCC2. The van der Waals surface area contributed by atoms with E-state index in [1.54, 1.807) is 11.1 Å². The van der Waals surface area contributed by atoms with E-state index in [4.69, 9.17) is 0 Å². The van der Waals surface area contributed by atoms with Crippen molar-refractivity contribution >= 4 is 0 Å². The van der Waals surface area contributed by atoms with E-state index < -0.39 is 0 Å². The van der Waals surface area contributed by atoms with Gasteiger partial charge in [0.1, 0.15) is 0 Å². The zero-order chi connectivity index (χ0) is 13.2. The summed E-state index contributed by atoms with van der Waals surface area (Å²) in [6.07, 6.45) is 5.27. The summed E-state index contributed by atoms with van der Waals surface area (Å²) >= 11 is 0. The van der Waals surface area contributed by atoms with E-state index in [2.05, 4.69) is 56.3 Å². The van der Waals surface area contributed by atoms with Gasteiger partial charge in [0.05, 0.1) is 0 Å². The molecule has 0 radical (unpaired) electrons. The molecule has 1 atom stereocenters. The Morgan fingerprint density at radius 2 is 1.63 bits per heavy atom. The summed E-state index contributed by atoms with van der Waals surface area (Å²) < 4.78 is 0. The van der Waals surface area contributed by atoms with Crippen LogP contribution in [0.2, 0.25) is 0 Å². The van der Waals surface area contributed by atoms with Crippen molar-refractivity contribution in [3.05, 3.63) is 70.3 Å². The highest BCUT2D eigenvalue weighted by Crippen LogP contribution is 2.31. The molecule has 0 heterocycles. The molecular formula is C19H22. The zero-order valence-corrected chi connectivity index (χ0v) is 11.9. The average molecular weight is 250 g/mol. The van der Waals surface area contributed by atoms with Crippen molar-refractivity contribution in [1.29, 1.82) is 0 Å². The number of benzene rings is 2. The second-order valence-electron chi connectivity index (χ2n) is 5.81. The van der Waals surface area contributed by atoms with Gasteiger partial charge in [0.25, 0.3) is 0 Å². The lowest BCUT2D eigenvalue weighted by Gasteiger charge is -2.22. The zero-order valence-electron chi connectivity index (χ0n) is 11.9. The highest BCUT2D eigenvalue weighted by atomic mass is 14.2. The van der Waals surface area contributed by atoms with E-state index in [0.29, 0.717) is 5.92 Å². The van der Waals surface area contributed by atoms with Crippen molar-refractivity contribution < 1.29 is 0 Å². The fourth-order valence-electron chi connectivity index (χ4n) is 3.30. The first kappa shape index (κ1) is 12.5. The first-order valence-corrected chi connectivity index (χ1v) is 7.43. The third-order valence-corrected chi connectivity index (χ3v) is 4.51. The summed E-state index contributed by atoms with van der Waals surface area (Å²) in [4.78, 5) is 0. The summed E-state index contributed by atoms with van der Waals surface area (Å²) in [5, 5.41) is 0. The maximum Gasteiger partial charge on any atom is 0.00612 e. The molecule has 0 bridgehead atoms. The van der Waals surface area contributed by atoms with Crippen LogP contribution in [0.15, 0.2) is 42.5 Å². The third kappa shape index (κ3) is 2.45. The molecule has 1 aliphatic rings. The molecule has 0 saturated carbocycles. The van der Waals surface area contributed by atoms with Crippen LogP contribution in [-0.2, 0) is 12.8 Å². The highest BCUT2D eigenvalue weighted by molar-refractivity contribution is 5.43. The van der Waals surface area contributed by atoms with Crippen molar-refractivity contribution in [3.8, 4) is 0 Å². The van der Waals surface area contributed by atoms with Crippen LogP contribution in [0.4, 0.5) is 0 Å². The van der Waals surface area contributed by atoms with Crippen molar-refractivity contribution in [2.75, 3.05) is 0 Å². The monoisotopic (exact) mass is 250 g/mol. The Kier molecular flexibility index (Phi) is 3.42. The van der Waals surface area contributed by atoms with E-state index in [0.717, 1.165) is 0 Å². The molecule has 0 spiro atoms. The lowest BCUT2D eigenvalue weighted by atomic mass is 9.83. The van der Waals surface area contributed by atoms with Crippen LogP contribution in [0.1, 0.15) is 53.5 Å². The molecule has 0 nitrogen and oxygen atoms in total. The quantitative estimate of drug-likeness (QED) is 0.701. The fourth-order valence-corrected chi connectivity index (χ4v) is 3.30. The van der Waals surface area contributed by atoms with Gasteiger partial charge in [-0.2, -0.15) is 0 Å². The van der Waals surface area contributed by atoms with Gasteiger partial charge in [0.15, 0.2) is 0 Å². The number of hydrogen-bond donors (Lipinski definition) is 0. The summed E-state index contributed by atoms with van der Waals surface area (Å²) in [5.41, 5.74) is 7.61. The Morgan fingerprint density at radius 3 is 2.42 bits per heavy atom. The van der Waals surface area contributed by atoms with E-state index in [1.807, 2.05) is 0 Å². The minimum atomic E-state index is 0.493. The van der Waals surface area contributed by atoms with Crippen molar-refractivity contribution in [2.45, 2.75) is 45.4 Å². The van der Waals surface area contributed by atoms with Gasteiger partial charge < -0.3 is 0 Å². The lowest BCUT2D eigenvalue weighted by Crippen LogP contribution is -2.07. The predicted molar refractivity (Wildman–Crippen MR) is 81.8 cm³/mol. The topological polar surface area (TPSA) is 0 Å². The largest absolute Gasteiger partial charge is 0.0622 e. The molecule has 19 heavy (non-hydrogen) atoms. The normalized spacial score (nSPS) is 15.9. The summed E-state index contributed by atoms with van der Waals surface area (Å²) in [5.74, 6) is 0.493. The van der Waals surface area contributed by atoms with E-state index in [-0.39, 0.29) is 0 Å². The molecule has 1 unspecified atom stereocenters. The molecule has 1 aliphatic carbocycles. The molecule has 3 rings (SSSR count). The Balaban J connectivity index is 1.99. The van der Waals surface area contributed by atoms with Gasteiger partial charge in [-0.1, -0.05) is 49.4 Å². The van der Waals surface area contributed by atoms with Crippen LogP contribution in [0.5, 0.6) is 0 Å². The third-order valence-electron chi connectivity index (χ3n) is 4.51. The Morgan fingerprint density at radius 1 is 0.895 bits per heavy atom. The molecule has 0 aliphatic heterocycles. The maximum absolute atomic E-state index is 2.46. The molecule has 0 heteroatoms. The number of hydrogen-bond acceptors (Lipinski definition) is 0. The molecule has 0 fully saturated rings. The minimum absolute atomic E-state index is 0.493. The fraction of sp³-hybridized carbons (Fsp3) is 0.368. The number of rotatable bonds is 2. The van der Waals surface area contributed by atoms with E-state index in [1.165, 1.54) is 42.4 Å². The molecule has 2 aromatic carbocycles. The second-order valence-corrected chi connectivity index (χ2v) is 5.81. The molecule has 2 aromatic rings. The first-order valence-electron chi connectivity index (χ1n) is 7.43. The summed E-state index contributed by atoms with van der Waals surface area (Å²) in [6.45, 7) is 4.60. The molecule has 0 aromatic heterocycles. The van der Waals surface area contributed by atoms with Gasteiger partial charge in [0.2, 0.25) is 0 Å². The van der Waals surface area contributed by atoms with Crippen LogP contribution < -0.4 is 0 Å². The smallest absolute Gasteiger partial charge is 0.00612 e. The van der Waals surface area contributed by atoms with E-state index >= 15 is 0 Å². The van der Waals surface area contributed by atoms with Crippen molar-refractivity contribution in [2.24, 2.45) is 0 Å². The van der Waals surface area contributed by atoms with Gasteiger partial charge in [-0.3, -0.25) is 0 Å². The van der Waals surface area contributed by atoms with Gasteiger partial charge >= 0.3 is 0 Å². The molecule has 0 saturated heterocycles. The van der Waals surface area contributed by atoms with Crippen LogP contribution in [-0.4, -0.2) is 0 Å². The standard InChI is InChI=1S/C19H22/c1-14-12-18(13-17-10-6-7-11-19(14)17)15(2)16-8-4-3-5-9-16/h3-5,8-9,12-13,15H,6-7,10-11H2,1-2H3. The average Bonchev–Trinajstić information content (AvgIpc) is 2.47. The molecule has 0 N–H and O–H groups in total. The van der Waals surface area contributed by atoms with Crippen molar-refractivity contribution in [1.82, 2.24) is 0 Å².